The van der Waals surface area contributed by atoms with E-state index in [-0.39, 0.29) is 24.3 Å². The van der Waals surface area contributed by atoms with Crippen molar-refractivity contribution in [1.82, 2.24) is 0 Å². The SMILES string of the molecule is Cl.NC[C@H](N)c1cccc(F)c1Br. The predicted molar refractivity (Wildman–Crippen MR) is 57.3 cm³/mol. The summed E-state index contributed by atoms with van der Waals surface area (Å²) in [5.41, 5.74) is 11.7. The summed E-state index contributed by atoms with van der Waals surface area (Å²) in [7, 11) is 0. The quantitative estimate of drug-likeness (QED) is 0.862. The van der Waals surface area contributed by atoms with Crippen LogP contribution in [-0.2, 0) is 0 Å². The second-order valence-electron chi connectivity index (χ2n) is 2.49. The zero-order valence-electron chi connectivity index (χ0n) is 6.84. The maximum absolute atomic E-state index is 12.9. The Balaban J connectivity index is 0.00000144. The number of hydrogen-bond acceptors (Lipinski definition) is 2. The average molecular weight is 270 g/mol. The van der Waals surface area contributed by atoms with Crippen molar-refractivity contribution >= 4 is 28.3 Å². The van der Waals surface area contributed by atoms with Crippen molar-refractivity contribution in [1.29, 1.82) is 0 Å². The highest BCUT2D eigenvalue weighted by Gasteiger charge is 2.10. The van der Waals surface area contributed by atoms with Gasteiger partial charge >= 0.3 is 0 Å². The fourth-order valence-electron chi connectivity index (χ4n) is 0.934. The summed E-state index contributed by atoms with van der Waals surface area (Å²) in [5.74, 6) is -0.309. The van der Waals surface area contributed by atoms with Gasteiger partial charge in [0.2, 0.25) is 0 Å². The fourth-order valence-corrected chi connectivity index (χ4v) is 1.49. The van der Waals surface area contributed by atoms with Crippen molar-refractivity contribution in [2.75, 3.05) is 6.54 Å². The molecule has 74 valence electrons. The van der Waals surface area contributed by atoms with Crippen molar-refractivity contribution in [2.45, 2.75) is 6.04 Å². The Hall–Kier alpha value is -0.160. The van der Waals surface area contributed by atoms with Crippen molar-refractivity contribution in [3.63, 3.8) is 0 Å². The second kappa shape index (κ2) is 5.54. The molecule has 0 aliphatic heterocycles. The molecule has 1 atom stereocenters. The molecule has 0 spiro atoms. The molecular weight excluding hydrogens is 258 g/mol. The van der Waals surface area contributed by atoms with Crippen LogP contribution in [0.1, 0.15) is 11.6 Å². The first-order chi connectivity index (χ1) is 5.66. The molecule has 0 saturated heterocycles. The molecule has 5 heteroatoms. The molecule has 0 fully saturated rings. The Kier molecular flexibility index (Phi) is 5.48. The Labute approximate surface area is 91.0 Å². The average Bonchev–Trinajstić information content (AvgIpc) is 2.08. The molecule has 0 unspecified atom stereocenters. The molecule has 0 aromatic heterocycles. The molecule has 2 nitrogen and oxygen atoms in total. The van der Waals surface area contributed by atoms with E-state index in [1.807, 2.05) is 0 Å². The third kappa shape index (κ3) is 2.91. The van der Waals surface area contributed by atoms with Gasteiger partial charge in [-0.1, -0.05) is 12.1 Å². The standard InChI is InChI=1S/C8H10BrFN2.ClH/c9-8-5(7(12)4-11)2-1-3-6(8)10;/h1-3,7H,4,11-12H2;1H/t7-;/m0./s1. The lowest BCUT2D eigenvalue weighted by atomic mass is 10.1. The number of rotatable bonds is 2. The maximum Gasteiger partial charge on any atom is 0.137 e. The zero-order chi connectivity index (χ0) is 9.14. The van der Waals surface area contributed by atoms with Crippen LogP contribution in [0.2, 0.25) is 0 Å². The third-order valence-corrected chi connectivity index (χ3v) is 2.47. The van der Waals surface area contributed by atoms with Crippen LogP contribution in [0, 0.1) is 5.82 Å². The molecule has 0 aliphatic carbocycles. The van der Waals surface area contributed by atoms with Gasteiger partial charge in [0.15, 0.2) is 0 Å². The molecule has 0 saturated carbocycles. The van der Waals surface area contributed by atoms with Crippen molar-refractivity contribution in [3.8, 4) is 0 Å². The van der Waals surface area contributed by atoms with Gasteiger partial charge in [-0.25, -0.2) is 4.39 Å². The Morgan fingerprint density at radius 1 is 1.46 bits per heavy atom. The fraction of sp³-hybridized carbons (Fsp3) is 0.250. The molecule has 4 N–H and O–H groups in total. The third-order valence-electron chi connectivity index (χ3n) is 1.63. The Morgan fingerprint density at radius 2 is 2.08 bits per heavy atom. The Morgan fingerprint density at radius 3 is 2.62 bits per heavy atom. The molecule has 1 rings (SSSR count). The van der Waals surface area contributed by atoms with Crippen LogP contribution in [0.4, 0.5) is 4.39 Å². The summed E-state index contributed by atoms with van der Waals surface area (Å²) in [4.78, 5) is 0. The summed E-state index contributed by atoms with van der Waals surface area (Å²) in [5, 5.41) is 0. The van der Waals surface area contributed by atoms with E-state index in [0.717, 1.165) is 0 Å². The minimum Gasteiger partial charge on any atom is -0.329 e. The summed E-state index contributed by atoms with van der Waals surface area (Å²) in [6.45, 7) is 0.308. The van der Waals surface area contributed by atoms with Crippen molar-refractivity contribution in [3.05, 3.63) is 34.1 Å². The topological polar surface area (TPSA) is 52.0 Å². The number of benzene rings is 1. The van der Waals surface area contributed by atoms with Crippen molar-refractivity contribution < 1.29 is 4.39 Å². The van der Waals surface area contributed by atoms with Gasteiger partial charge in [0.25, 0.3) is 0 Å². The minimum absolute atomic E-state index is 0. The highest BCUT2D eigenvalue weighted by Crippen LogP contribution is 2.24. The van der Waals surface area contributed by atoms with Crippen LogP contribution in [0.3, 0.4) is 0 Å². The van der Waals surface area contributed by atoms with Gasteiger partial charge in [0.05, 0.1) is 4.47 Å². The van der Waals surface area contributed by atoms with Crippen LogP contribution in [-0.4, -0.2) is 6.54 Å². The van der Waals surface area contributed by atoms with E-state index in [1.54, 1.807) is 12.1 Å². The van der Waals surface area contributed by atoms with Crippen LogP contribution in [0.15, 0.2) is 22.7 Å². The molecule has 1 aromatic carbocycles. The number of hydrogen-bond donors (Lipinski definition) is 2. The first-order valence-corrected chi connectivity index (χ1v) is 4.35. The van der Waals surface area contributed by atoms with Gasteiger partial charge in [-0.3, -0.25) is 0 Å². The lowest BCUT2D eigenvalue weighted by Gasteiger charge is -2.11. The molecule has 0 radical (unpaired) electrons. The summed E-state index contributed by atoms with van der Waals surface area (Å²) in [6, 6.07) is 4.43. The monoisotopic (exact) mass is 268 g/mol. The smallest absolute Gasteiger partial charge is 0.137 e. The first-order valence-electron chi connectivity index (χ1n) is 3.56. The number of halogens is 3. The minimum atomic E-state index is -0.310. The van der Waals surface area contributed by atoms with Crippen LogP contribution >= 0.6 is 28.3 Å². The predicted octanol–water partition coefficient (Wildman–Crippen LogP) is 1.97. The normalized spacial score (nSPS) is 12.0. The number of nitrogens with two attached hydrogens (primary N) is 2. The highest BCUT2D eigenvalue weighted by atomic mass is 79.9. The molecule has 13 heavy (non-hydrogen) atoms. The zero-order valence-corrected chi connectivity index (χ0v) is 9.24. The molecule has 1 aromatic rings. The van der Waals surface area contributed by atoms with Crippen molar-refractivity contribution in [2.24, 2.45) is 11.5 Å². The lowest BCUT2D eigenvalue weighted by Crippen LogP contribution is -2.21. The maximum atomic E-state index is 12.9. The van der Waals surface area contributed by atoms with E-state index in [9.17, 15) is 4.39 Å². The summed E-state index contributed by atoms with van der Waals surface area (Å²) < 4.78 is 13.3. The van der Waals surface area contributed by atoms with E-state index in [0.29, 0.717) is 16.6 Å². The largest absolute Gasteiger partial charge is 0.329 e. The molecular formula is C8H11BrClFN2. The van der Waals surface area contributed by atoms with Crippen LogP contribution in [0.5, 0.6) is 0 Å². The molecule has 0 heterocycles. The van der Waals surface area contributed by atoms with Gasteiger partial charge in [0.1, 0.15) is 5.82 Å². The van der Waals surface area contributed by atoms with E-state index in [1.165, 1.54) is 6.07 Å². The van der Waals surface area contributed by atoms with Gasteiger partial charge in [-0.2, -0.15) is 0 Å². The van der Waals surface area contributed by atoms with E-state index in [4.69, 9.17) is 11.5 Å². The Bertz CT molecular complexity index is 283. The van der Waals surface area contributed by atoms with Gasteiger partial charge in [0, 0.05) is 12.6 Å². The van der Waals surface area contributed by atoms with Crippen LogP contribution in [0.25, 0.3) is 0 Å². The highest BCUT2D eigenvalue weighted by molar-refractivity contribution is 9.10. The van der Waals surface area contributed by atoms with E-state index < -0.39 is 0 Å². The molecule has 0 aliphatic rings. The first kappa shape index (κ1) is 12.8. The van der Waals surface area contributed by atoms with Gasteiger partial charge < -0.3 is 11.5 Å². The van der Waals surface area contributed by atoms with Crippen LogP contribution < -0.4 is 11.5 Å². The van der Waals surface area contributed by atoms with Gasteiger partial charge in [-0.05, 0) is 27.6 Å². The molecule has 0 bridgehead atoms. The van der Waals surface area contributed by atoms with E-state index >= 15 is 0 Å². The summed E-state index contributed by atoms with van der Waals surface area (Å²) >= 11 is 3.11. The van der Waals surface area contributed by atoms with Gasteiger partial charge in [-0.15, -0.1) is 12.4 Å². The van der Waals surface area contributed by atoms with E-state index in [2.05, 4.69) is 15.9 Å². The second-order valence-corrected chi connectivity index (χ2v) is 3.28. The molecule has 0 amide bonds. The summed E-state index contributed by atoms with van der Waals surface area (Å²) in [6.07, 6.45) is 0. The lowest BCUT2D eigenvalue weighted by molar-refractivity contribution is 0.611.